The average molecular weight is 382 g/mol. The average Bonchev–Trinajstić information content (AvgIpc) is 2.29. The topological polar surface area (TPSA) is 61.0 Å². The Bertz CT molecular complexity index is 565. The van der Waals surface area contributed by atoms with E-state index in [0.717, 1.165) is 3.57 Å². The predicted molar refractivity (Wildman–Crippen MR) is 75.7 cm³/mol. The van der Waals surface area contributed by atoms with Gasteiger partial charge in [-0.05, 0) is 28.7 Å². The second-order valence-electron chi connectivity index (χ2n) is 3.08. The van der Waals surface area contributed by atoms with Gasteiger partial charge in [-0.15, -0.1) is 0 Å². The summed E-state index contributed by atoms with van der Waals surface area (Å²) < 4.78 is 6.32. The molecule has 0 saturated heterocycles. The van der Waals surface area contributed by atoms with Crippen LogP contribution in [0.4, 0.5) is 5.69 Å². The van der Waals surface area contributed by atoms with E-state index in [1.807, 2.05) is 0 Å². The van der Waals surface area contributed by atoms with Gasteiger partial charge >= 0.3 is 0 Å². The Balaban J connectivity index is 2.37. The Hall–Kier alpha value is -0.790. The van der Waals surface area contributed by atoms with E-state index in [0.29, 0.717) is 27.4 Å². The molecule has 0 spiro atoms. The van der Waals surface area contributed by atoms with Crippen LogP contribution in [-0.2, 0) is 0 Å². The molecular weight excluding hydrogens is 376 g/mol. The van der Waals surface area contributed by atoms with Gasteiger partial charge in [-0.1, -0.05) is 23.2 Å². The summed E-state index contributed by atoms with van der Waals surface area (Å²) in [6.07, 6.45) is 3.03. The first-order valence-corrected chi connectivity index (χ1v) is 6.29. The maximum absolute atomic E-state index is 5.89. The van der Waals surface area contributed by atoms with Crippen molar-refractivity contribution in [1.82, 2.24) is 9.97 Å². The molecule has 1 heterocycles. The monoisotopic (exact) mass is 381 g/mol. The molecule has 2 rings (SSSR count). The lowest BCUT2D eigenvalue weighted by Crippen LogP contribution is -1.96. The zero-order valence-electron chi connectivity index (χ0n) is 8.32. The van der Waals surface area contributed by atoms with Crippen LogP contribution in [0.1, 0.15) is 0 Å². The third-order valence-corrected chi connectivity index (χ3v) is 3.36. The fraction of sp³-hybridized carbons (Fsp3) is 0. The van der Waals surface area contributed by atoms with E-state index in [1.54, 1.807) is 12.3 Å². The zero-order chi connectivity index (χ0) is 12.4. The van der Waals surface area contributed by atoms with Gasteiger partial charge in [-0.3, -0.25) is 0 Å². The van der Waals surface area contributed by atoms with Crippen LogP contribution in [0.15, 0.2) is 24.7 Å². The highest BCUT2D eigenvalue weighted by Crippen LogP contribution is 2.35. The third kappa shape index (κ3) is 2.91. The first-order valence-electron chi connectivity index (χ1n) is 4.46. The van der Waals surface area contributed by atoms with Crippen molar-refractivity contribution in [3.63, 3.8) is 0 Å². The molecule has 0 bridgehead atoms. The number of nitrogens with two attached hydrogens (primary N) is 1. The number of hydrogen-bond donors (Lipinski definition) is 1. The molecule has 2 aromatic rings. The van der Waals surface area contributed by atoms with Gasteiger partial charge in [0.05, 0.1) is 19.3 Å². The molecule has 88 valence electrons. The second-order valence-corrected chi connectivity index (χ2v) is 5.06. The molecule has 1 aromatic carbocycles. The lowest BCUT2D eigenvalue weighted by molar-refractivity contribution is 0.460. The highest BCUT2D eigenvalue weighted by atomic mass is 127. The van der Waals surface area contributed by atoms with E-state index < -0.39 is 0 Å². The number of rotatable bonds is 2. The molecule has 0 aliphatic rings. The highest BCUT2D eigenvalue weighted by molar-refractivity contribution is 14.1. The summed E-state index contributed by atoms with van der Waals surface area (Å²) in [4.78, 5) is 7.86. The van der Waals surface area contributed by atoms with Crippen LogP contribution < -0.4 is 10.5 Å². The van der Waals surface area contributed by atoms with Crippen LogP contribution in [0.5, 0.6) is 11.6 Å². The minimum atomic E-state index is 0.375. The second kappa shape index (κ2) is 5.24. The Labute approximate surface area is 121 Å². The number of aromatic nitrogens is 2. The number of nitrogens with zero attached hydrogens (tertiary/aromatic N) is 2. The molecule has 2 N–H and O–H groups in total. The smallest absolute Gasteiger partial charge is 0.235 e. The molecule has 0 fully saturated rings. The lowest BCUT2D eigenvalue weighted by atomic mass is 10.3. The van der Waals surface area contributed by atoms with Gasteiger partial charge in [-0.25, -0.2) is 9.97 Å². The quantitative estimate of drug-likeness (QED) is 0.635. The summed E-state index contributed by atoms with van der Waals surface area (Å²) in [6.45, 7) is 0. The maximum atomic E-state index is 5.89. The summed E-state index contributed by atoms with van der Waals surface area (Å²) in [5.74, 6) is 0.835. The molecule has 0 saturated carbocycles. The minimum Gasteiger partial charge on any atom is -0.436 e. The summed E-state index contributed by atoms with van der Waals surface area (Å²) in [5, 5.41) is 0.758. The fourth-order valence-electron chi connectivity index (χ4n) is 1.11. The van der Waals surface area contributed by atoms with Crippen LogP contribution >= 0.6 is 45.8 Å². The van der Waals surface area contributed by atoms with Crippen molar-refractivity contribution >= 4 is 51.5 Å². The summed E-state index contributed by atoms with van der Waals surface area (Å²) >= 11 is 13.8. The van der Waals surface area contributed by atoms with Gasteiger partial charge in [0.15, 0.2) is 5.75 Å². The van der Waals surface area contributed by atoms with Crippen molar-refractivity contribution in [2.75, 3.05) is 5.73 Å². The van der Waals surface area contributed by atoms with Crippen molar-refractivity contribution in [2.24, 2.45) is 0 Å². The molecule has 7 heteroatoms. The van der Waals surface area contributed by atoms with Crippen molar-refractivity contribution in [3.8, 4) is 11.6 Å². The largest absolute Gasteiger partial charge is 0.436 e. The molecular formula is C10H6Cl2IN3O. The van der Waals surface area contributed by atoms with Gasteiger partial charge in [0.25, 0.3) is 0 Å². The van der Waals surface area contributed by atoms with Crippen molar-refractivity contribution in [2.45, 2.75) is 0 Å². The zero-order valence-corrected chi connectivity index (χ0v) is 12.0. The third-order valence-electron chi connectivity index (χ3n) is 1.89. The Morgan fingerprint density at radius 3 is 2.65 bits per heavy atom. The van der Waals surface area contributed by atoms with Crippen molar-refractivity contribution in [1.29, 1.82) is 0 Å². The first-order chi connectivity index (χ1) is 8.08. The van der Waals surface area contributed by atoms with Gasteiger partial charge in [0.2, 0.25) is 5.88 Å². The number of anilines is 1. The molecule has 0 aliphatic carbocycles. The summed E-state index contributed by atoms with van der Waals surface area (Å²) in [5.41, 5.74) is 6.17. The number of ether oxygens (including phenoxy) is 1. The SMILES string of the molecule is Nc1cc(Cl)c(Cl)cc1Oc1ncncc1I. The normalized spacial score (nSPS) is 10.3. The van der Waals surface area contributed by atoms with Gasteiger partial charge in [0, 0.05) is 12.3 Å². The minimum absolute atomic E-state index is 0.375. The number of nitrogen functional groups attached to an aromatic ring is 1. The lowest BCUT2D eigenvalue weighted by Gasteiger charge is -2.09. The molecule has 0 radical (unpaired) electrons. The Morgan fingerprint density at radius 2 is 1.94 bits per heavy atom. The predicted octanol–water partition coefficient (Wildman–Crippen LogP) is 3.76. The number of hydrogen-bond acceptors (Lipinski definition) is 4. The van der Waals surface area contributed by atoms with Crippen LogP contribution in [0, 0.1) is 3.57 Å². The van der Waals surface area contributed by atoms with E-state index in [1.165, 1.54) is 12.4 Å². The van der Waals surface area contributed by atoms with Crippen LogP contribution in [0.25, 0.3) is 0 Å². The molecule has 1 aromatic heterocycles. The molecule has 4 nitrogen and oxygen atoms in total. The Morgan fingerprint density at radius 1 is 1.24 bits per heavy atom. The molecule has 0 atom stereocenters. The number of halogens is 3. The van der Waals surface area contributed by atoms with Gasteiger partial charge in [-0.2, -0.15) is 0 Å². The molecule has 0 aliphatic heterocycles. The van der Waals surface area contributed by atoms with Gasteiger partial charge < -0.3 is 10.5 Å². The summed E-state index contributed by atoms with van der Waals surface area (Å²) in [6, 6.07) is 3.09. The Kier molecular flexibility index (Phi) is 3.90. The van der Waals surface area contributed by atoms with Crippen molar-refractivity contribution < 1.29 is 4.74 Å². The van der Waals surface area contributed by atoms with Crippen LogP contribution in [0.3, 0.4) is 0 Å². The molecule has 0 amide bonds. The summed E-state index contributed by atoms with van der Waals surface area (Å²) in [7, 11) is 0. The fourth-order valence-corrected chi connectivity index (χ4v) is 1.85. The molecule has 0 unspecified atom stereocenters. The maximum Gasteiger partial charge on any atom is 0.235 e. The molecule has 17 heavy (non-hydrogen) atoms. The van der Waals surface area contributed by atoms with E-state index in [4.69, 9.17) is 33.7 Å². The van der Waals surface area contributed by atoms with Crippen LogP contribution in [-0.4, -0.2) is 9.97 Å². The van der Waals surface area contributed by atoms with Crippen LogP contribution in [0.2, 0.25) is 10.0 Å². The highest BCUT2D eigenvalue weighted by Gasteiger charge is 2.10. The van der Waals surface area contributed by atoms with E-state index >= 15 is 0 Å². The first kappa shape index (κ1) is 12.7. The number of benzene rings is 1. The van der Waals surface area contributed by atoms with E-state index in [2.05, 4.69) is 32.6 Å². The van der Waals surface area contributed by atoms with Crippen molar-refractivity contribution in [3.05, 3.63) is 38.3 Å². The van der Waals surface area contributed by atoms with E-state index in [9.17, 15) is 0 Å². The van der Waals surface area contributed by atoms with E-state index in [-0.39, 0.29) is 0 Å². The standard InChI is InChI=1S/C10H6Cl2IN3O/c11-5-1-8(14)9(2-6(5)12)17-10-7(13)3-15-4-16-10/h1-4H,14H2. The van der Waals surface area contributed by atoms with Gasteiger partial charge in [0.1, 0.15) is 6.33 Å².